The lowest BCUT2D eigenvalue weighted by atomic mass is 10.3. The molecule has 0 bridgehead atoms. The average Bonchev–Trinajstić information content (AvgIpc) is 2.65. The Kier molecular flexibility index (Phi) is 2.24. The summed E-state index contributed by atoms with van der Waals surface area (Å²) < 4.78 is 1.87. The van der Waals surface area contributed by atoms with Gasteiger partial charge in [0.2, 0.25) is 0 Å². The summed E-state index contributed by atoms with van der Waals surface area (Å²) in [4.78, 5) is 12.4. The van der Waals surface area contributed by atoms with E-state index in [-0.39, 0.29) is 0 Å². The maximum atomic E-state index is 5.45. The largest absolute Gasteiger partial charge is 0.331 e. The fraction of sp³-hybridized carbons (Fsp3) is 0.222. The quantitative estimate of drug-likeness (QED) is 0.739. The van der Waals surface area contributed by atoms with Gasteiger partial charge >= 0.3 is 0 Å². The Labute approximate surface area is 81.6 Å². The summed E-state index contributed by atoms with van der Waals surface area (Å²) >= 11 is 0. The van der Waals surface area contributed by atoms with Crippen LogP contribution in [0.3, 0.4) is 0 Å². The Hall–Kier alpha value is -1.75. The summed E-state index contributed by atoms with van der Waals surface area (Å²) in [6, 6.07) is 0. The highest BCUT2D eigenvalue weighted by atomic mass is 15.1. The molecule has 0 saturated heterocycles. The van der Waals surface area contributed by atoms with Crippen molar-refractivity contribution in [2.24, 2.45) is 12.8 Å². The smallest absolute Gasteiger partial charge is 0.177 e. The maximum Gasteiger partial charge on any atom is 0.177 e. The van der Waals surface area contributed by atoms with Gasteiger partial charge in [-0.15, -0.1) is 0 Å². The van der Waals surface area contributed by atoms with E-state index in [1.54, 1.807) is 24.9 Å². The van der Waals surface area contributed by atoms with E-state index in [4.69, 9.17) is 5.73 Å². The summed E-state index contributed by atoms with van der Waals surface area (Å²) in [5.41, 5.74) is 7.27. The monoisotopic (exact) mass is 189 g/mol. The lowest BCUT2D eigenvalue weighted by Gasteiger charge is -2.00. The highest BCUT2D eigenvalue weighted by Gasteiger charge is 2.04. The van der Waals surface area contributed by atoms with Gasteiger partial charge in [-0.25, -0.2) is 15.0 Å². The molecule has 72 valence electrons. The lowest BCUT2D eigenvalue weighted by Crippen LogP contribution is -2.00. The first-order valence-corrected chi connectivity index (χ1v) is 4.29. The third kappa shape index (κ3) is 1.49. The van der Waals surface area contributed by atoms with Crippen LogP contribution in [0.1, 0.15) is 5.56 Å². The van der Waals surface area contributed by atoms with Crippen LogP contribution in [0.25, 0.3) is 11.5 Å². The number of aryl methyl sites for hydroxylation is 1. The predicted octanol–water partition coefficient (Wildman–Crippen LogP) is 0.336. The van der Waals surface area contributed by atoms with Crippen LogP contribution >= 0.6 is 0 Å². The summed E-state index contributed by atoms with van der Waals surface area (Å²) in [6.45, 7) is 0.464. The molecule has 0 aliphatic rings. The number of hydrogen-bond donors (Lipinski definition) is 1. The second kappa shape index (κ2) is 3.55. The molecule has 0 atom stereocenters. The van der Waals surface area contributed by atoms with Gasteiger partial charge in [0.1, 0.15) is 5.69 Å². The molecule has 2 rings (SSSR count). The van der Waals surface area contributed by atoms with E-state index >= 15 is 0 Å². The normalized spacial score (nSPS) is 10.4. The number of hydrogen-bond acceptors (Lipinski definition) is 4. The molecule has 5 nitrogen and oxygen atoms in total. The second-order valence-electron chi connectivity index (χ2n) is 3.01. The van der Waals surface area contributed by atoms with Crippen LogP contribution in [0.2, 0.25) is 0 Å². The zero-order chi connectivity index (χ0) is 9.97. The number of imidazole rings is 1. The molecular weight excluding hydrogens is 178 g/mol. The van der Waals surface area contributed by atoms with E-state index in [9.17, 15) is 0 Å². The minimum absolute atomic E-state index is 0.464. The fourth-order valence-corrected chi connectivity index (χ4v) is 1.17. The van der Waals surface area contributed by atoms with E-state index in [2.05, 4.69) is 15.0 Å². The molecule has 0 unspecified atom stereocenters. The van der Waals surface area contributed by atoms with Crippen LogP contribution in [-0.2, 0) is 13.6 Å². The molecule has 2 aromatic rings. The van der Waals surface area contributed by atoms with Crippen LogP contribution in [0.5, 0.6) is 0 Å². The van der Waals surface area contributed by atoms with Crippen LogP contribution in [0, 0.1) is 0 Å². The maximum absolute atomic E-state index is 5.45. The van der Waals surface area contributed by atoms with Gasteiger partial charge in [0, 0.05) is 31.5 Å². The first-order valence-electron chi connectivity index (χ1n) is 4.29. The van der Waals surface area contributed by atoms with Crippen molar-refractivity contribution in [2.75, 3.05) is 0 Å². The Balaban J connectivity index is 2.39. The van der Waals surface area contributed by atoms with E-state index in [0.717, 1.165) is 11.3 Å². The summed E-state index contributed by atoms with van der Waals surface area (Å²) in [5, 5.41) is 0. The van der Waals surface area contributed by atoms with Crippen LogP contribution < -0.4 is 5.73 Å². The van der Waals surface area contributed by atoms with Gasteiger partial charge < -0.3 is 10.3 Å². The van der Waals surface area contributed by atoms with Gasteiger partial charge in [0.05, 0.1) is 12.5 Å². The molecule has 0 fully saturated rings. The first-order chi connectivity index (χ1) is 6.81. The zero-order valence-corrected chi connectivity index (χ0v) is 7.88. The number of nitrogens with zero attached hydrogens (tertiary/aromatic N) is 4. The molecule has 14 heavy (non-hydrogen) atoms. The number of nitrogens with two attached hydrogens (primary N) is 1. The third-order valence-electron chi connectivity index (χ3n) is 1.99. The van der Waals surface area contributed by atoms with Gasteiger partial charge in [-0.05, 0) is 0 Å². The molecule has 0 aliphatic heterocycles. The Morgan fingerprint density at radius 2 is 2.00 bits per heavy atom. The molecule has 5 heteroatoms. The standard InChI is InChI=1S/C9H11N5/c1-14-6-11-5-8(14)9-12-3-7(2-10)4-13-9/h3-6H,2,10H2,1H3. The summed E-state index contributed by atoms with van der Waals surface area (Å²) in [7, 11) is 1.91. The van der Waals surface area contributed by atoms with Crippen molar-refractivity contribution in [1.29, 1.82) is 0 Å². The van der Waals surface area contributed by atoms with Crippen molar-refractivity contribution in [1.82, 2.24) is 19.5 Å². The Bertz CT molecular complexity index is 417. The summed E-state index contributed by atoms with van der Waals surface area (Å²) in [5.74, 6) is 0.669. The molecule has 2 N–H and O–H groups in total. The Morgan fingerprint density at radius 3 is 2.50 bits per heavy atom. The molecule has 0 radical (unpaired) electrons. The predicted molar refractivity (Wildman–Crippen MR) is 52.1 cm³/mol. The van der Waals surface area contributed by atoms with E-state index in [1.165, 1.54) is 0 Å². The van der Waals surface area contributed by atoms with E-state index < -0.39 is 0 Å². The molecule has 0 aliphatic carbocycles. The van der Waals surface area contributed by atoms with Crippen molar-refractivity contribution < 1.29 is 0 Å². The number of rotatable bonds is 2. The molecule has 0 amide bonds. The van der Waals surface area contributed by atoms with Crippen LogP contribution in [-0.4, -0.2) is 19.5 Å². The van der Waals surface area contributed by atoms with Gasteiger partial charge in [0.25, 0.3) is 0 Å². The average molecular weight is 189 g/mol. The highest BCUT2D eigenvalue weighted by Crippen LogP contribution is 2.11. The van der Waals surface area contributed by atoms with Gasteiger partial charge in [-0.1, -0.05) is 0 Å². The number of aromatic nitrogens is 4. The highest BCUT2D eigenvalue weighted by molar-refractivity contribution is 5.47. The Morgan fingerprint density at radius 1 is 1.29 bits per heavy atom. The van der Waals surface area contributed by atoms with Gasteiger partial charge in [-0.2, -0.15) is 0 Å². The van der Waals surface area contributed by atoms with Gasteiger partial charge in [0.15, 0.2) is 5.82 Å². The molecular formula is C9H11N5. The van der Waals surface area contributed by atoms with Crippen molar-refractivity contribution in [3.8, 4) is 11.5 Å². The van der Waals surface area contributed by atoms with Crippen molar-refractivity contribution in [3.05, 3.63) is 30.5 Å². The minimum atomic E-state index is 0.464. The molecule has 2 heterocycles. The topological polar surface area (TPSA) is 69.6 Å². The zero-order valence-electron chi connectivity index (χ0n) is 7.88. The summed E-state index contributed by atoms with van der Waals surface area (Å²) in [6.07, 6.45) is 6.91. The SMILES string of the molecule is Cn1cncc1-c1ncc(CN)cn1. The van der Waals surface area contributed by atoms with E-state index in [1.807, 2.05) is 11.6 Å². The molecule has 0 saturated carbocycles. The lowest BCUT2D eigenvalue weighted by molar-refractivity contribution is 0.904. The second-order valence-corrected chi connectivity index (χ2v) is 3.01. The van der Waals surface area contributed by atoms with Crippen molar-refractivity contribution >= 4 is 0 Å². The fourth-order valence-electron chi connectivity index (χ4n) is 1.17. The molecule has 2 aromatic heterocycles. The minimum Gasteiger partial charge on any atom is -0.331 e. The van der Waals surface area contributed by atoms with Crippen LogP contribution in [0.15, 0.2) is 24.9 Å². The van der Waals surface area contributed by atoms with Crippen LogP contribution in [0.4, 0.5) is 0 Å². The third-order valence-corrected chi connectivity index (χ3v) is 1.99. The van der Waals surface area contributed by atoms with E-state index in [0.29, 0.717) is 12.4 Å². The molecule has 0 aromatic carbocycles. The van der Waals surface area contributed by atoms with Gasteiger partial charge in [-0.3, -0.25) is 0 Å². The van der Waals surface area contributed by atoms with Crippen molar-refractivity contribution in [2.45, 2.75) is 6.54 Å². The molecule has 0 spiro atoms. The first kappa shape index (κ1) is 8.83. The van der Waals surface area contributed by atoms with Crippen molar-refractivity contribution in [3.63, 3.8) is 0 Å².